The van der Waals surface area contributed by atoms with Crippen molar-refractivity contribution in [2.45, 2.75) is 13.3 Å². The monoisotopic (exact) mass is 438 g/mol. The van der Waals surface area contributed by atoms with Gasteiger partial charge in [0.2, 0.25) is 5.91 Å². The molecule has 0 aliphatic heterocycles. The van der Waals surface area contributed by atoms with Gasteiger partial charge in [0.25, 0.3) is 11.5 Å². The summed E-state index contributed by atoms with van der Waals surface area (Å²) in [6.07, 6.45) is 3.43. The van der Waals surface area contributed by atoms with E-state index in [4.69, 9.17) is 23.2 Å². The van der Waals surface area contributed by atoms with Crippen LogP contribution in [0.1, 0.15) is 23.7 Å². The summed E-state index contributed by atoms with van der Waals surface area (Å²) in [5, 5.41) is 5.10. The van der Waals surface area contributed by atoms with Crippen molar-refractivity contribution in [3.63, 3.8) is 0 Å². The zero-order chi connectivity index (χ0) is 20.3. The second-order valence-corrected chi connectivity index (χ2v) is 7.65. The molecule has 0 bridgehead atoms. The van der Waals surface area contributed by atoms with Gasteiger partial charge in [0, 0.05) is 29.3 Å². The van der Waals surface area contributed by atoms with Gasteiger partial charge in [-0.25, -0.2) is 4.98 Å². The van der Waals surface area contributed by atoms with E-state index < -0.39 is 17.4 Å². The Morgan fingerprint density at radius 3 is 2.86 bits per heavy atom. The molecule has 7 nitrogen and oxygen atoms in total. The molecular weight excluding hydrogens is 423 g/mol. The lowest BCUT2D eigenvalue weighted by Gasteiger charge is -2.21. The highest BCUT2D eigenvalue weighted by Crippen LogP contribution is 2.25. The molecule has 2 heterocycles. The first-order chi connectivity index (χ1) is 13.4. The third-order valence-corrected chi connectivity index (χ3v) is 5.23. The Labute approximate surface area is 174 Å². The lowest BCUT2D eigenvalue weighted by molar-refractivity contribution is -0.116. The third-order valence-electron chi connectivity index (χ3n) is 3.89. The van der Waals surface area contributed by atoms with E-state index in [0.29, 0.717) is 33.7 Å². The largest absolute Gasteiger partial charge is 0.329 e. The third kappa shape index (κ3) is 4.35. The van der Waals surface area contributed by atoms with Crippen LogP contribution in [0, 0.1) is 0 Å². The Morgan fingerprint density at radius 2 is 2.11 bits per heavy atom. The van der Waals surface area contributed by atoms with Gasteiger partial charge in [0.05, 0.1) is 10.7 Å². The van der Waals surface area contributed by atoms with E-state index in [1.165, 1.54) is 32.9 Å². The fourth-order valence-electron chi connectivity index (χ4n) is 2.62. The number of thiazole rings is 1. The quantitative estimate of drug-likeness (QED) is 0.637. The van der Waals surface area contributed by atoms with E-state index in [1.54, 1.807) is 23.7 Å². The normalized spacial score (nSPS) is 10.8. The van der Waals surface area contributed by atoms with E-state index in [0.717, 1.165) is 0 Å². The Bertz CT molecular complexity index is 1100. The number of hydrogen-bond acceptors (Lipinski definition) is 5. The van der Waals surface area contributed by atoms with E-state index in [1.807, 2.05) is 6.92 Å². The molecule has 0 radical (unpaired) electrons. The van der Waals surface area contributed by atoms with Crippen molar-refractivity contribution in [3.05, 3.63) is 61.9 Å². The Kier molecular flexibility index (Phi) is 6.33. The van der Waals surface area contributed by atoms with Crippen molar-refractivity contribution < 1.29 is 9.59 Å². The molecule has 10 heteroatoms. The van der Waals surface area contributed by atoms with E-state index >= 15 is 0 Å². The smallest absolute Gasteiger partial charge is 0.271 e. The minimum absolute atomic E-state index is 0.0852. The molecular formula is C18H16Cl2N4O3S. The van der Waals surface area contributed by atoms with Crippen LogP contribution < -0.4 is 10.9 Å². The fraction of sp³-hybridized carbons (Fsp3) is 0.222. The molecule has 2 amide bonds. The zero-order valence-corrected chi connectivity index (χ0v) is 17.1. The van der Waals surface area contributed by atoms with Crippen LogP contribution in [0.2, 0.25) is 10.0 Å². The van der Waals surface area contributed by atoms with Crippen LogP contribution in [0.15, 0.2) is 40.8 Å². The molecule has 0 saturated heterocycles. The van der Waals surface area contributed by atoms with E-state index in [2.05, 4.69) is 10.3 Å². The molecule has 3 aromatic rings. The number of carbonyl (C=O) groups is 2. The van der Waals surface area contributed by atoms with Gasteiger partial charge < -0.3 is 10.2 Å². The number of halogens is 2. The van der Waals surface area contributed by atoms with E-state index in [9.17, 15) is 14.4 Å². The highest BCUT2D eigenvalue weighted by Gasteiger charge is 2.22. The number of rotatable bonds is 6. The SMILES string of the molecule is CCCN(CC(=O)Nc1cc(Cl)ccc1Cl)C(=O)c1cnc2sccn2c1=O. The summed E-state index contributed by atoms with van der Waals surface area (Å²) in [6.45, 7) is 1.95. The van der Waals surface area contributed by atoms with Crippen LogP contribution in [-0.2, 0) is 4.79 Å². The van der Waals surface area contributed by atoms with Crippen molar-refractivity contribution >= 4 is 57.0 Å². The van der Waals surface area contributed by atoms with Gasteiger partial charge in [-0.2, -0.15) is 0 Å². The maximum atomic E-state index is 12.9. The highest BCUT2D eigenvalue weighted by atomic mass is 35.5. The number of benzene rings is 1. The van der Waals surface area contributed by atoms with Gasteiger partial charge in [-0.1, -0.05) is 30.1 Å². The number of carbonyl (C=O) groups excluding carboxylic acids is 2. The van der Waals surface area contributed by atoms with Crippen molar-refractivity contribution in [2.24, 2.45) is 0 Å². The molecule has 0 aliphatic rings. The second kappa shape index (κ2) is 8.72. The Morgan fingerprint density at radius 1 is 1.32 bits per heavy atom. The molecule has 0 aliphatic carbocycles. The van der Waals surface area contributed by atoms with Crippen molar-refractivity contribution in [2.75, 3.05) is 18.4 Å². The molecule has 146 valence electrons. The molecule has 1 aromatic carbocycles. The van der Waals surface area contributed by atoms with Crippen LogP contribution in [-0.4, -0.2) is 39.2 Å². The standard InChI is InChI=1S/C18H16Cl2N4O3S/c1-2-5-23(10-15(25)22-14-8-11(19)3-4-13(14)20)16(26)12-9-21-18-24(17(12)27)6-7-28-18/h3-4,6-9H,2,5,10H2,1H3,(H,22,25). The van der Waals surface area contributed by atoms with E-state index in [-0.39, 0.29) is 12.1 Å². The predicted molar refractivity (Wildman–Crippen MR) is 111 cm³/mol. The number of amides is 2. The Hall–Kier alpha value is -2.42. The van der Waals surface area contributed by atoms with Crippen molar-refractivity contribution in [1.82, 2.24) is 14.3 Å². The summed E-state index contributed by atoms with van der Waals surface area (Å²) in [6, 6.07) is 4.69. The first-order valence-electron chi connectivity index (χ1n) is 8.39. The Balaban J connectivity index is 1.81. The van der Waals surface area contributed by atoms with Crippen LogP contribution >= 0.6 is 34.5 Å². The molecule has 3 rings (SSSR count). The first-order valence-corrected chi connectivity index (χ1v) is 10.0. The van der Waals surface area contributed by atoms with Gasteiger partial charge in [0.1, 0.15) is 12.1 Å². The lowest BCUT2D eigenvalue weighted by atomic mass is 10.2. The molecule has 28 heavy (non-hydrogen) atoms. The van der Waals surface area contributed by atoms with Crippen LogP contribution in [0.3, 0.4) is 0 Å². The number of fused-ring (bicyclic) bond motifs is 1. The van der Waals surface area contributed by atoms with Crippen molar-refractivity contribution in [3.8, 4) is 0 Å². The number of nitrogens with one attached hydrogen (secondary N) is 1. The number of nitrogens with zero attached hydrogens (tertiary/aromatic N) is 3. The topological polar surface area (TPSA) is 83.8 Å². The second-order valence-electron chi connectivity index (χ2n) is 5.93. The van der Waals surface area contributed by atoms with Crippen LogP contribution in [0.5, 0.6) is 0 Å². The van der Waals surface area contributed by atoms with Crippen LogP contribution in [0.25, 0.3) is 4.96 Å². The first kappa shape index (κ1) is 20.3. The zero-order valence-electron chi connectivity index (χ0n) is 14.8. The van der Waals surface area contributed by atoms with Crippen LogP contribution in [0.4, 0.5) is 5.69 Å². The van der Waals surface area contributed by atoms with Gasteiger partial charge in [-0.15, -0.1) is 11.3 Å². The molecule has 1 N–H and O–H groups in total. The average Bonchev–Trinajstić information content (AvgIpc) is 3.14. The van der Waals surface area contributed by atoms with Gasteiger partial charge in [-0.05, 0) is 24.6 Å². The number of hydrogen-bond donors (Lipinski definition) is 1. The summed E-state index contributed by atoms with van der Waals surface area (Å²) >= 11 is 13.3. The maximum absolute atomic E-state index is 12.9. The number of anilines is 1. The van der Waals surface area contributed by atoms with Crippen molar-refractivity contribution in [1.29, 1.82) is 0 Å². The highest BCUT2D eigenvalue weighted by molar-refractivity contribution is 7.15. The molecule has 0 atom stereocenters. The average molecular weight is 439 g/mol. The fourth-order valence-corrected chi connectivity index (χ4v) is 3.63. The summed E-state index contributed by atoms with van der Waals surface area (Å²) in [5.41, 5.74) is -0.196. The minimum atomic E-state index is -0.549. The lowest BCUT2D eigenvalue weighted by Crippen LogP contribution is -2.41. The van der Waals surface area contributed by atoms with Gasteiger partial charge in [0.15, 0.2) is 4.96 Å². The molecule has 0 saturated carbocycles. The maximum Gasteiger partial charge on any atom is 0.271 e. The molecule has 0 spiro atoms. The minimum Gasteiger partial charge on any atom is -0.329 e. The van der Waals surface area contributed by atoms with Gasteiger partial charge in [-0.3, -0.25) is 18.8 Å². The molecule has 0 fully saturated rings. The molecule has 0 unspecified atom stereocenters. The summed E-state index contributed by atoms with van der Waals surface area (Å²) in [4.78, 5) is 43.8. The summed E-state index contributed by atoms with van der Waals surface area (Å²) < 4.78 is 1.31. The molecule has 2 aromatic heterocycles. The summed E-state index contributed by atoms with van der Waals surface area (Å²) in [5.74, 6) is -0.997. The predicted octanol–water partition coefficient (Wildman–Crippen LogP) is 3.55. The number of aromatic nitrogens is 2. The summed E-state index contributed by atoms with van der Waals surface area (Å²) in [7, 11) is 0. The van der Waals surface area contributed by atoms with Gasteiger partial charge >= 0.3 is 0 Å².